The number of ether oxygens (including phenoxy) is 1. The number of hydrogen-bond acceptors (Lipinski definition) is 6. The lowest BCUT2D eigenvalue weighted by Crippen LogP contribution is -2.48. The Balaban J connectivity index is 1.46. The van der Waals surface area contributed by atoms with E-state index in [0.717, 1.165) is 34.3 Å². The van der Waals surface area contributed by atoms with Gasteiger partial charge in [-0.05, 0) is 24.3 Å². The van der Waals surface area contributed by atoms with E-state index in [9.17, 15) is 17.2 Å². The molecule has 0 spiro atoms. The molecule has 10 heteroatoms. The first-order chi connectivity index (χ1) is 14.4. The molecule has 0 bridgehead atoms. The number of thiazole rings is 1. The van der Waals surface area contributed by atoms with Gasteiger partial charge in [0.15, 0.2) is 5.13 Å². The van der Waals surface area contributed by atoms with Crippen molar-refractivity contribution in [2.24, 2.45) is 0 Å². The molecule has 6 nitrogen and oxygen atoms in total. The Bertz CT molecular complexity index is 1160. The van der Waals surface area contributed by atoms with Crippen LogP contribution in [0, 0.1) is 11.6 Å². The highest BCUT2D eigenvalue weighted by Gasteiger charge is 2.31. The number of halogens is 2. The minimum atomic E-state index is -4.03. The molecule has 1 fully saturated rings. The maximum Gasteiger partial charge on any atom is 0.246 e. The summed E-state index contributed by atoms with van der Waals surface area (Å²) < 4.78 is 59.0. The predicted octanol–water partition coefficient (Wildman–Crippen LogP) is 3.61. The summed E-state index contributed by atoms with van der Waals surface area (Å²) in [4.78, 5) is 6.16. The van der Waals surface area contributed by atoms with Crippen LogP contribution in [0.1, 0.15) is 0 Å². The lowest BCUT2D eigenvalue weighted by atomic mass is 10.2. The SMILES string of the molecule is COc1cccc(-c2csc(N3CCN(S(=O)(=O)c4ccc(F)cc4F)CC3)n2)c1. The molecule has 1 aliphatic rings. The van der Waals surface area contributed by atoms with Gasteiger partial charge in [0.05, 0.1) is 12.8 Å². The number of sulfonamides is 1. The average molecular weight is 452 g/mol. The molecule has 2 aromatic carbocycles. The van der Waals surface area contributed by atoms with E-state index < -0.39 is 26.6 Å². The molecule has 3 aromatic rings. The van der Waals surface area contributed by atoms with Crippen LogP contribution in [0.4, 0.5) is 13.9 Å². The van der Waals surface area contributed by atoms with Crippen LogP contribution in [0.5, 0.6) is 5.75 Å². The summed E-state index contributed by atoms with van der Waals surface area (Å²) in [5.74, 6) is -1.15. The number of aromatic nitrogens is 1. The summed E-state index contributed by atoms with van der Waals surface area (Å²) in [5.41, 5.74) is 1.75. The summed E-state index contributed by atoms with van der Waals surface area (Å²) in [6, 6.07) is 10.1. The van der Waals surface area contributed by atoms with Crippen LogP contribution in [-0.2, 0) is 10.0 Å². The van der Waals surface area contributed by atoms with Crippen molar-refractivity contribution < 1.29 is 21.9 Å². The third-order valence-electron chi connectivity index (χ3n) is 4.88. The fraction of sp³-hybridized carbons (Fsp3) is 0.250. The van der Waals surface area contributed by atoms with Crippen LogP contribution in [0.3, 0.4) is 0 Å². The molecule has 158 valence electrons. The van der Waals surface area contributed by atoms with Crippen LogP contribution in [0.15, 0.2) is 52.7 Å². The summed E-state index contributed by atoms with van der Waals surface area (Å²) in [7, 11) is -2.42. The molecule has 0 N–H and O–H groups in total. The lowest BCUT2D eigenvalue weighted by Gasteiger charge is -2.33. The van der Waals surface area contributed by atoms with Crippen molar-refractivity contribution in [3.8, 4) is 17.0 Å². The van der Waals surface area contributed by atoms with Crippen molar-refractivity contribution in [2.75, 3.05) is 38.2 Å². The third-order valence-corrected chi connectivity index (χ3v) is 7.71. The van der Waals surface area contributed by atoms with E-state index in [1.54, 1.807) is 7.11 Å². The minimum absolute atomic E-state index is 0.188. The van der Waals surface area contributed by atoms with E-state index >= 15 is 0 Å². The minimum Gasteiger partial charge on any atom is -0.497 e. The second-order valence-electron chi connectivity index (χ2n) is 6.71. The Morgan fingerprint density at radius 2 is 1.83 bits per heavy atom. The maximum atomic E-state index is 14.0. The van der Waals surface area contributed by atoms with Gasteiger partial charge in [-0.1, -0.05) is 12.1 Å². The molecule has 0 radical (unpaired) electrons. The fourth-order valence-corrected chi connectivity index (χ4v) is 5.62. The predicted molar refractivity (Wildman–Crippen MR) is 111 cm³/mol. The van der Waals surface area contributed by atoms with Gasteiger partial charge in [-0.15, -0.1) is 11.3 Å². The molecule has 2 heterocycles. The van der Waals surface area contributed by atoms with Crippen molar-refractivity contribution in [2.45, 2.75) is 4.90 Å². The Labute approximate surface area is 177 Å². The Morgan fingerprint density at radius 1 is 1.07 bits per heavy atom. The zero-order chi connectivity index (χ0) is 21.3. The number of nitrogens with zero attached hydrogens (tertiary/aromatic N) is 3. The van der Waals surface area contributed by atoms with Crippen LogP contribution < -0.4 is 9.64 Å². The van der Waals surface area contributed by atoms with Gasteiger partial charge in [0.25, 0.3) is 0 Å². The molecule has 0 saturated carbocycles. The van der Waals surface area contributed by atoms with Crippen LogP contribution in [-0.4, -0.2) is 51.0 Å². The first kappa shape index (κ1) is 20.7. The molecule has 0 atom stereocenters. The average Bonchev–Trinajstić information content (AvgIpc) is 3.24. The highest BCUT2D eigenvalue weighted by atomic mass is 32.2. The molecular formula is C20H19F2N3O3S2. The Kier molecular flexibility index (Phi) is 5.72. The normalized spacial score (nSPS) is 15.4. The summed E-state index contributed by atoms with van der Waals surface area (Å²) in [6.45, 7) is 1.22. The highest BCUT2D eigenvalue weighted by molar-refractivity contribution is 7.89. The third kappa shape index (κ3) is 4.03. The van der Waals surface area contributed by atoms with Gasteiger partial charge in [0.1, 0.15) is 22.3 Å². The maximum absolute atomic E-state index is 14.0. The van der Waals surface area contributed by atoms with Crippen LogP contribution in [0.25, 0.3) is 11.3 Å². The van der Waals surface area contributed by atoms with Crippen molar-refractivity contribution >= 4 is 26.5 Å². The van der Waals surface area contributed by atoms with Gasteiger partial charge < -0.3 is 9.64 Å². The van der Waals surface area contributed by atoms with Crippen LogP contribution in [0.2, 0.25) is 0 Å². The number of hydrogen-bond donors (Lipinski definition) is 0. The quantitative estimate of drug-likeness (QED) is 0.593. The molecule has 1 aromatic heterocycles. The van der Waals surface area contributed by atoms with E-state index in [0.29, 0.717) is 19.2 Å². The molecule has 0 aliphatic carbocycles. The van der Waals surface area contributed by atoms with Gasteiger partial charge >= 0.3 is 0 Å². The molecule has 4 rings (SSSR count). The van der Waals surface area contributed by atoms with E-state index in [-0.39, 0.29) is 13.1 Å². The molecule has 0 amide bonds. The Morgan fingerprint density at radius 3 is 2.53 bits per heavy atom. The number of anilines is 1. The number of rotatable bonds is 5. The van der Waals surface area contributed by atoms with Crippen molar-refractivity contribution in [3.05, 3.63) is 59.5 Å². The van der Waals surface area contributed by atoms with Crippen LogP contribution >= 0.6 is 11.3 Å². The van der Waals surface area contributed by atoms with E-state index in [1.165, 1.54) is 15.6 Å². The van der Waals surface area contributed by atoms with E-state index in [4.69, 9.17) is 4.74 Å². The van der Waals surface area contributed by atoms with Gasteiger partial charge in [-0.3, -0.25) is 0 Å². The number of methoxy groups -OCH3 is 1. The number of benzene rings is 2. The van der Waals surface area contributed by atoms with Crippen molar-refractivity contribution in [1.82, 2.24) is 9.29 Å². The summed E-state index contributed by atoms with van der Waals surface area (Å²) in [5, 5.41) is 2.74. The van der Waals surface area contributed by atoms with Gasteiger partial charge in [0.2, 0.25) is 10.0 Å². The van der Waals surface area contributed by atoms with Crippen molar-refractivity contribution in [1.29, 1.82) is 0 Å². The first-order valence-corrected chi connectivity index (χ1v) is 11.5. The molecule has 0 unspecified atom stereocenters. The summed E-state index contributed by atoms with van der Waals surface area (Å²) in [6.07, 6.45) is 0. The molecular weight excluding hydrogens is 432 g/mol. The van der Waals surface area contributed by atoms with Gasteiger partial charge in [-0.2, -0.15) is 4.31 Å². The lowest BCUT2D eigenvalue weighted by molar-refractivity contribution is 0.382. The second kappa shape index (κ2) is 8.29. The van der Waals surface area contributed by atoms with E-state index in [2.05, 4.69) is 4.98 Å². The first-order valence-electron chi connectivity index (χ1n) is 9.18. The molecule has 1 aliphatic heterocycles. The van der Waals surface area contributed by atoms with Crippen molar-refractivity contribution in [3.63, 3.8) is 0 Å². The highest BCUT2D eigenvalue weighted by Crippen LogP contribution is 2.30. The molecule has 30 heavy (non-hydrogen) atoms. The second-order valence-corrected chi connectivity index (χ2v) is 9.46. The largest absolute Gasteiger partial charge is 0.497 e. The van der Waals surface area contributed by atoms with E-state index in [1.807, 2.05) is 34.5 Å². The fourth-order valence-electron chi connectivity index (χ4n) is 3.27. The monoisotopic (exact) mass is 451 g/mol. The summed E-state index contributed by atoms with van der Waals surface area (Å²) >= 11 is 1.48. The van der Waals surface area contributed by atoms with Gasteiger partial charge in [0, 0.05) is 43.2 Å². The zero-order valence-electron chi connectivity index (χ0n) is 16.1. The standard InChI is InChI=1S/C20H19F2N3O3S2/c1-28-16-4-2-3-14(11-16)18-13-29-20(23-18)24-7-9-25(10-8-24)30(26,27)19-6-5-15(21)12-17(19)22/h2-6,11-13H,7-10H2,1H3. The number of piperazine rings is 1. The Hall–Kier alpha value is -2.56. The molecule has 1 saturated heterocycles. The smallest absolute Gasteiger partial charge is 0.246 e. The zero-order valence-corrected chi connectivity index (χ0v) is 17.7. The van der Waals surface area contributed by atoms with Gasteiger partial charge in [-0.25, -0.2) is 22.2 Å². The topological polar surface area (TPSA) is 62.7 Å².